The molecule has 1 fully saturated rings. The summed E-state index contributed by atoms with van der Waals surface area (Å²) >= 11 is 0. The number of hydrogen-bond donors (Lipinski definition) is 2. The molecular formula is C11H13NO3. The minimum Gasteiger partial charge on any atom is -0.479 e. The van der Waals surface area contributed by atoms with Gasteiger partial charge in [-0.05, 0) is 31.4 Å². The van der Waals surface area contributed by atoms with Crippen molar-refractivity contribution in [1.82, 2.24) is 4.98 Å². The first-order valence-electron chi connectivity index (χ1n) is 4.90. The molecule has 0 aromatic carbocycles. The quantitative estimate of drug-likeness (QED) is 0.771. The number of aliphatic hydroxyl groups is 1. The summed E-state index contributed by atoms with van der Waals surface area (Å²) in [6.45, 7) is 1.87. The number of aryl methyl sites for hydroxylation is 1. The number of aliphatic hydroxyl groups excluding tert-OH is 1. The zero-order valence-corrected chi connectivity index (χ0v) is 8.47. The molecule has 1 unspecified atom stereocenters. The number of carboxylic acids is 1. The second kappa shape index (κ2) is 3.31. The lowest BCUT2D eigenvalue weighted by Crippen LogP contribution is -2.33. The highest BCUT2D eigenvalue weighted by Gasteiger charge is 2.53. The Morgan fingerprint density at radius 2 is 2.20 bits per heavy atom. The van der Waals surface area contributed by atoms with E-state index in [1.807, 2.05) is 19.1 Å². The molecule has 0 spiro atoms. The van der Waals surface area contributed by atoms with Crippen LogP contribution in [0, 0.1) is 6.92 Å². The Kier molecular flexibility index (Phi) is 2.23. The van der Waals surface area contributed by atoms with Crippen LogP contribution in [-0.2, 0) is 10.2 Å². The van der Waals surface area contributed by atoms with Gasteiger partial charge in [-0.15, -0.1) is 0 Å². The average molecular weight is 207 g/mol. The summed E-state index contributed by atoms with van der Waals surface area (Å²) in [4.78, 5) is 14.9. The minimum absolute atomic E-state index is 0.591. The van der Waals surface area contributed by atoms with Gasteiger partial charge < -0.3 is 10.2 Å². The van der Waals surface area contributed by atoms with Crippen LogP contribution in [-0.4, -0.2) is 27.3 Å². The molecule has 1 atom stereocenters. The van der Waals surface area contributed by atoms with E-state index in [1.54, 1.807) is 6.20 Å². The standard InChI is InChI=1S/C11H13NO3/c1-7-2-3-8(6-12-7)11(4-5-11)9(13)10(14)15/h2-3,6,9,13H,4-5H2,1H3,(H,14,15). The van der Waals surface area contributed by atoms with E-state index in [1.165, 1.54) is 0 Å². The summed E-state index contributed by atoms with van der Waals surface area (Å²) in [5, 5.41) is 18.4. The van der Waals surface area contributed by atoms with Crippen LogP contribution in [0.25, 0.3) is 0 Å². The summed E-state index contributed by atoms with van der Waals surface area (Å²) in [5.74, 6) is -1.16. The molecule has 80 valence electrons. The third-order valence-electron chi connectivity index (χ3n) is 3.03. The highest BCUT2D eigenvalue weighted by Crippen LogP contribution is 2.50. The molecule has 15 heavy (non-hydrogen) atoms. The molecule has 4 heteroatoms. The van der Waals surface area contributed by atoms with Crippen molar-refractivity contribution in [2.24, 2.45) is 0 Å². The second-order valence-electron chi connectivity index (χ2n) is 4.09. The van der Waals surface area contributed by atoms with E-state index in [-0.39, 0.29) is 0 Å². The summed E-state index contributed by atoms with van der Waals surface area (Å²) < 4.78 is 0. The molecule has 0 aliphatic heterocycles. The molecule has 1 aromatic rings. The maximum Gasteiger partial charge on any atom is 0.333 e. The Morgan fingerprint density at radius 1 is 1.53 bits per heavy atom. The number of aromatic nitrogens is 1. The van der Waals surface area contributed by atoms with Gasteiger partial charge in [0.25, 0.3) is 0 Å². The Hall–Kier alpha value is -1.42. The van der Waals surface area contributed by atoms with E-state index in [4.69, 9.17) is 5.11 Å². The Labute approximate surface area is 87.6 Å². The van der Waals surface area contributed by atoms with Crippen molar-refractivity contribution >= 4 is 5.97 Å². The first-order valence-corrected chi connectivity index (χ1v) is 4.90. The van der Waals surface area contributed by atoms with Crippen LogP contribution in [0.15, 0.2) is 18.3 Å². The van der Waals surface area contributed by atoms with Gasteiger partial charge in [-0.3, -0.25) is 4.98 Å². The molecule has 4 nitrogen and oxygen atoms in total. The predicted molar refractivity (Wildman–Crippen MR) is 53.5 cm³/mol. The summed E-state index contributed by atoms with van der Waals surface area (Å²) in [6, 6.07) is 3.69. The van der Waals surface area contributed by atoms with Gasteiger partial charge in [-0.25, -0.2) is 4.79 Å². The fourth-order valence-electron chi connectivity index (χ4n) is 1.85. The molecule has 0 bridgehead atoms. The van der Waals surface area contributed by atoms with Crippen LogP contribution in [0.5, 0.6) is 0 Å². The fraction of sp³-hybridized carbons (Fsp3) is 0.455. The van der Waals surface area contributed by atoms with Gasteiger partial charge in [0.05, 0.1) is 0 Å². The summed E-state index contributed by atoms with van der Waals surface area (Å²) in [6.07, 6.45) is 1.77. The predicted octanol–water partition coefficient (Wildman–Crippen LogP) is 0.867. The number of nitrogens with zero attached hydrogens (tertiary/aromatic N) is 1. The maximum absolute atomic E-state index is 10.8. The number of aliphatic carboxylic acids is 1. The van der Waals surface area contributed by atoms with Crippen molar-refractivity contribution in [2.45, 2.75) is 31.3 Å². The molecular weight excluding hydrogens is 194 g/mol. The van der Waals surface area contributed by atoms with E-state index in [2.05, 4.69) is 4.98 Å². The highest BCUT2D eigenvalue weighted by molar-refractivity contribution is 5.75. The molecule has 1 aliphatic rings. The molecule has 0 radical (unpaired) electrons. The molecule has 1 aliphatic carbocycles. The minimum atomic E-state index is -1.32. The Morgan fingerprint density at radius 3 is 2.60 bits per heavy atom. The third-order valence-corrected chi connectivity index (χ3v) is 3.03. The van der Waals surface area contributed by atoms with Gasteiger partial charge in [0.15, 0.2) is 6.10 Å². The lowest BCUT2D eigenvalue weighted by Gasteiger charge is -2.18. The third kappa shape index (κ3) is 1.61. The summed E-state index contributed by atoms with van der Waals surface area (Å²) in [5.41, 5.74) is 1.12. The zero-order valence-electron chi connectivity index (χ0n) is 8.47. The lowest BCUT2D eigenvalue weighted by molar-refractivity contribution is -0.148. The van der Waals surface area contributed by atoms with E-state index in [0.717, 1.165) is 11.3 Å². The maximum atomic E-state index is 10.8. The van der Waals surface area contributed by atoms with Crippen LogP contribution >= 0.6 is 0 Å². The number of carbonyl (C=O) groups is 1. The number of carboxylic acid groups (broad SMARTS) is 1. The molecule has 2 N–H and O–H groups in total. The number of rotatable bonds is 3. The topological polar surface area (TPSA) is 70.4 Å². The van der Waals surface area contributed by atoms with Crippen LogP contribution in [0.2, 0.25) is 0 Å². The summed E-state index contributed by atoms with van der Waals surface area (Å²) in [7, 11) is 0. The van der Waals surface area contributed by atoms with Crippen LogP contribution < -0.4 is 0 Å². The highest BCUT2D eigenvalue weighted by atomic mass is 16.4. The fourth-order valence-corrected chi connectivity index (χ4v) is 1.85. The van der Waals surface area contributed by atoms with E-state index < -0.39 is 17.5 Å². The monoisotopic (exact) mass is 207 g/mol. The molecule has 0 amide bonds. The SMILES string of the molecule is Cc1ccc(C2(C(O)C(=O)O)CC2)cn1. The van der Waals surface area contributed by atoms with Gasteiger partial charge >= 0.3 is 5.97 Å². The Bertz CT molecular complexity index is 381. The molecule has 1 saturated carbocycles. The first kappa shape index (κ1) is 10.1. The molecule has 0 saturated heterocycles. The van der Waals surface area contributed by atoms with Crippen molar-refractivity contribution in [3.63, 3.8) is 0 Å². The average Bonchev–Trinajstić information content (AvgIpc) is 2.99. The van der Waals surface area contributed by atoms with Gasteiger partial charge in [-0.1, -0.05) is 6.07 Å². The van der Waals surface area contributed by atoms with Crippen LogP contribution in [0.1, 0.15) is 24.1 Å². The number of hydrogen-bond acceptors (Lipinski definition) is 3. The van der Waals surface area contributed by atoms with Crippen LogP contribution in [0.4, 0.5) is 0 Å². The van der Waals surface area contributed by atoms with E-state index >= 15 is 0 Å². The van der Waals surface area contributed by atoms with Gasteiger partial charge in [-0.2, -0.15) is 0 Å². The van der Waals surface area contributed by atoms with Crippen molar-refractivity contribution < 1.29 is 15.0 Å². The molecule has 2 rings (SSSR count). The van der Waals surface area contributed by atoms with Gasteiger partial charge in [0.2, 0.25) is 0 Å². The number of pyridine rings is 1. The van der Waals surface area contributed by atoms with Crippen molar-refractivity contribution in [1.29, 1.82) is 0 Å². The van der Waals surface area contributed by atoms with E-state index in [0.29, 0.717) is 12.8 Å². The van der Waals surface area contributed by atoms with Gasteiger partial charge in [0, 0.05) is 17.3 Å². The van der Waals surface area contributed by atoms with Crippen LogP contribution in [0.3, 0.4) is 0 Å². The normalized spacial score (nSPS) is 19.6. The van der Waals surface area contributed by atoms with Crippen molar-refractivity contribution in [3.05, 3.63) is 29.6 Å². The second-order valence-corrected chi connectivity index (χ2v) is 4.09. The largest absolute Gasteiger partial charge is 0.479 e. The van der Waals surface area contributed by atoms with Crippen molar-refractivity contribution in [3.8, 4) is 0 Å². The molecule has 1 heterocycles. The smallest absolute Gasteiger partial charge is 0.333 e. The van der Waals surface area contributed by atoms with E-state index in [9.17, 15) is 9.90 Å². The lowest BCUT2D eigenvalue weighted by atomic mass is 9.91. The molecule has 1 aromatic heterocycles. The Balaban J connectivity index is 2.30. The van der Waals surface area contributed by atoms with Crippen molar-refractivity contribution in [2.75, 3.05) is 0 Å². The first-order chi connectivity index (χ1) is 7.06. The van der Waals surface area contributed by atoms with Gasteiger partial charge in [0.1, 0.15) is 0 Å². The zero-order chi connectivity index (χ0) is 11.1.